The highest BCUT2D eigenvalue weighted by Gasteiger charge is 2.52. The van der Waals surface area contributed by atoms with Crippen molar-refractivity contribution in [3.05, 3.63) is 63.1 Å². The maximum absolute atomic E-state index is 12.0. The van der Waals surface area contributed by atoms with E-state index in [-0.39, 0.29) is 11.2 Å². The fraction of sp³-hybridized carbons (Fsp3) is 0.435. The van der Waals surface area contributed by atoms with E-state index in [1.165, 1.54) is 4.68 Å². The Balaban J connectivity index is 1.60. The fourth-order valence-corrected chi connectivity index (χ4v) is 3.77. The van der Waals surface area contributed by atoms with Crippen molar-refractivity contribution in [1.82, 2.24) is 20.2 Å². The van der Waals surface area contributed by atoms with Gasteiger partial charge < -0.3 is 14.0 Å². The number of hydrogen-bond acceptors (Lipinski definition) is 6. The Bertz CT molecular complexity index is 1200. The lowest BCUT2D eigenvalue weighted by Gasteiger charge is -2.32. The van der Waals surface area contributed by atoms with E-state index >= 15 is 0 Å². The number of H-pyrrole nitrogens is 1. The lowest BCUT2D eigenvalue weighted by atomic mass is 9.75. The minimum Gasteiger partial charge on any atom is -0.486 e. The van der Waals surface area contributed by atoms with Crippen molar-refractivity contribution in [2.45, 2.75) is 66.3 Å². The summed E-state index contributed by atoms with van der Waals surface area (Å²) in [7, 11) is -0.407. The standard InChI is InChI=1S/C23H29BN4O4/c1-14-9-8-10-19(28-21(29)25-26-27-28)20(14)30-13-17-11-16(3)18(12-15(17)2)24-31-22(4,5)23(6,7)32-24/h8-12H,13H2,1-7H3,(H,25,27,29). The third-order valence-electron chi connectivity index (χ3n) is 6.50. The Morgan fingerprint density at radius 3 is 2.34 bits per heavy atom. The number of rotatable bonds is 5. The van der Waals surface area contributed by atoms with Gasteiger partial charge in [-0.15, -0.1) is 0 Å². The van der Waals surface area contributed by atoms with Crippen molar-refractivity contribution in [1.29, 1.82) is 0 Å². The van der Waals surface area contributed by atoms with Gasteiger partial charge in [-0.3, -0.25) is 0 Å². The van der Waals surface area contributed by atoms with Crippen molar-refractivity contribution in [3.8, 4) is 11.4 Å². The Labute approximate surface area is 188 Å². The van der Waals surface area contributed by atoms with Crippen molar-refractivity contribution in [3.63, 3.8) is 0 Å². The van der Waals surface area contributed by atoms with Crippen LogP contribution in [0.15, 0.2) is 35.1 Å². The van der Waals surface area contributed by atoms with Gasteiger partial charge >= 0.3 is 12.8 Å². The van der Waals surface area contributed by atoms with E-state index < -0.39 is 12.8 Å². The predicted molar refractivity (Wildman–Crippen MR) is 123 cm³/mol. The van der Waals surface area contributed by atoms with Crippen LogP contribution < -0.4 is 15.9 Å². The molecule has 1 aromatic heterocycles. The molecule has 1 fully saturated rings. The van der Waals surface area contributed by atoms with Crippen LogP contribution in [0.1, 0.15) is 49.9 Å². The largest absolute Gasteiger partial charge is 0.495 e. The number of benzene rings is 2. The molecule has 1 aliphatic rings. The number of nitrogens with zero attached hydrogens (tertiary/aromatic N) is 3. The molecule has 0 radical (unpaired) electrons. The van der Waals surface area contributed by atoms with Crippen LogP contribution in [0, 0.1) is 20.8 Å². The molecule has 0 spiro atoms. The van der Waals surface area contributed by atoms with Crippen LogP contribution in [-0.2, 0) is 15.9 Å². The summed E-state index contributed by atoms with van der Waals surface area (Å²) in [5, 5.41) is 9.74. The second kappa shape index (κ2) is 7.90. The minimum absolute atomic E-state index is 0.348. The molecule has 0 aliphatic carbocycles. The van der Waals surface area contributed by atoms with Crippen LogP contribution in [0.4, 0.5) is 0 Å². The molecular formula is C23H29BN4O4. The molecule has 0 amide bonds. The van der Waals surface area contributed by atoms with Crippen LogP contribution in [-0.4, -0.2) is 38.5 Å². The smallest absolute Gasteiger partial charge is 0.486 e. The summed E-state index contributed by atoms with van der Waals surface area (Å²) in [5.74, 6) is 0.593. The van der Waals surface area contributed by atoms with Gasteiger partial charge in [0.05, 0.1) is 11.2 Å². The summed E-state index contributed by atoms with van der Waals surface area (Å²) in [5.41, 5.74) is 4.48. The zero-order valence-corrected chi connectivity index (χ0v) is 19.6. The number of tetrazole rings is 1. The highest BCUT2D eigenvalue weighted by atomic mass is 16.7. The van der Waals surface area contributed by atoms with E-state index in [9.17, 15) is 4.79 Å². The summed E-state index contributed by atoms with van der Waals surface area (Å²) >= 11 is 0. The summed E-state index contributed by atoms with van der Waals surface area (Å²) in [6.45, 7) is 14.6. The Kier molecular flexibility index (Phi) is 5.50. The first-order valence-corrected chi connectivity index (χ1v) is 10.7. The molecule has 2 aromatic carbocycles. The Morgan fingerprint density at radius 1 is 1.03 bits per heavy atom. The number of para-hydroxylation sites is 1. The van der Waals surface area contributed by atoms with E-state index in [0.29, 0.717) is 18.0 Å². The number of hydrogen-bond donors (Lipinski definition) is 1. The second-order valence-corrected chi connectivity index (χ2v) is 9.35. The van der Waals surface area contributed by atoms with Crippen LogP contribution in [0.2, 0.25) is 0 Å². The van der Waals surface area contributed by atoms with Crippen molar-refractivity contribution in [2.24, 2.45) is 0 Å². The lowest BCUT2D eigenvalue weighted by molar-refractivity contribution is 0.00578. The summed E-state index contributed by atoms with van der Waals surface area (Å²) in [6, 6.07) is 9.79. The molecule has 2 heterocycles. The number of aromatic nitrogens is 4. The molecule has 0 bridgehead atoms. The first kappa shape index (κ1) is 22.3. The number of aromatic amines is 1. The van der Waals surface area contributed by atoms with Crippen molar-refractivity contribution in [2.75, 3.05) is 0 Å². The van der Waals surface area contributed by atoms with Gasteiger partial charge in [0.15, 0.2) is 0 Å². The molecule has 9 heteroatoms. The van der Waals surface area contributed by atoms with Gasteiger partial charge in [0.25, 0.3) is 0 Å². The van der Waals surface area contributed by atoms with Gasteiger partial charge in [0, 0.05) is 0 Å². The molecule has 1 saturated heterocycles. The number of nitrogens with one attached hydrogen (secondary N) is 1. The molecule has 4 rings (SSSR count). The molecule has 0 saturated carbocycles. The normalized spacial score (nSPS) is 17.0. The van der Waals surface area contributed by atoms with Gasteiger partial charge in [-0.05, 0) is 87.1 Å². The molecule has 3 aromatic rings. The van der Waals surface area contributed by atoms with Crippen molar-refractivity contribution < 1.29 is 14.0 Å². The Morgan fingerprint density at radius 2 is 1.72 bits per heavy atom. The molecule has 1 aliphatic heterocycles. The van der Waals surface area contributed by atoms with Crippen LogP contribution in [0.3, 0.4) is 0 Å². The topological polar surface area (TPSA) is 91.3 Å². The molecule has 0 atom stereocenters. The molecule has 1 N–H and O–H groups in total. The van der Waals surface area contributed by atoms with Gasteiger partial charge in [0.1, 0.15) is 18.0 Å². The summed E-state index contributed by atoms with van der Waals surface area (Å²) in [6.07, 6.45) is 0. The van der Waals surface area contributed by atoms with Gasteiger partial charge in [-0.2, -0.15) is 4.68 Å². The third-order valence-corrected chi connectivity index (χ3v) is 6.50. The molecule has 32 heavy (non-hydrogen) atoms. The first-order chi connectivity index (χ1) is 15.0. The van der Waals surface area contributed by atoms with Gasteiger partial charge in [0.2, 0.25) is 0 Å². The SMILES string of the molecule is Cc1cc(B2OC(C)(C)C(C)(C)O2)c(C)cc1COc1c(C)cccc1-n1nn[nH]c1=O. The van der Waals surface area contributed by atoms with E-state index in [1.807, 2.05) is 26.0 Å². The lowest BCUT2D eigenvalue weighted by Crippen LogP contribution is -2.41. The van der Waals surface area contributed by atoms with E-state index in [0.717, 1.165) is 27.7 Å². The molecule has 168 valence electrons. The zero-order chi connectivity index (χ0) is 23.3. The quantitative estimate of drug-likeness (QED) is 0.619. The van der Waals surface area contributed by atoms with E-state index in [1.54, 1.807) is 6.07 Å². The van der Waals surface area contributed by atoms with Gasteiger partial charge in [-0.25, -0.2) is 9.89 Å². The molecule has 8 nitrogen and oxygen atoms in total. The number of ether oxygens (including phenoxy) is 1. The maximum Gasteiger partial charge on any atom is 0.495 e. The van der Waals surface area contributed by atoms with E-state index in [2.05, 4.69) is 62.3 Å². The highest BCUT2D eigenvalue weighted by molar-refractivity contribution is 6.62. The number of aryl methyl sites for hydroxylation is 3. The monoisotopic (exact) mass is 436 g/mol. The third kappa shape index (κ3) is 3.86. The Hall–Kier alpha value is -2.91. The maximum atomic E-state index is 12.0. The highest BCUT2D eigenvalue weighted by Crippen LogP contribution is 2.37. The summed E-state index contributed by atoms with van der Waals surface area (Å²) in [4.78, 5) is 12.0. The average Bonchev–Trinajstić information content (AvgIpc) is 3.22. The average molecular weight is 436 g/mol. The van der Waals surface area contributed by atoms with Gasteiger partial charge in [-0.1, -0.05) is 29.8 Å². The van der Waals surface area contributed by atoms with Crippen LogP contribution >= 0.6 is 0 Å². The van der Waals surface area contributed by atoms with E-state index in [4.69, 9.17) is 14.0 Å². The zero-order valence-electron chi connectivity index (χ0n) is 19.6. The fourth-order valence-electron chi connectivity index (χ4n) is 3.77. The first-order valence-electron chi connectivity index (χ1n) is 10.7. The second-order valence-electron chi connectivity index (χ2n) is 9.35. The molecule has 0 unspecified atom stereocenters. The summed E-state index contributed by atoms with van der Waals surface area (Å²) < 4.78 is 19.9. The minimum atomic E-state index is -0.417. The van der Waals surface area contributed by atoms with Crippen LogP contribution in [0.5, 0.6) is 5.75 Å². The molecular weight excluding hydrogens is 407 g/mol. The predicted octanol–water partition coefficient (Wildman–Crippen LogP) is 2.76. The van der Waals surface area contributed by atoms with Crippen LogP contribution in [0.25, 0.3) is 5.69 Å². The van der Waals surface area contributed by atoms with Crippen molar-refractivity contribution >= 4 is 12.6 Å².